The lowest BCUT2D eigenvalue weighted by Gasteiger charge is -2.17. The predicted octanol–water partition coefficient (Wildman–Crippen LogP) is 3.69. The lowest BCUT2D eigenvalue weighted by Crippen LogP contribution is -2.29. The molecule has 0 bridgehead atoms. The minimum absolute atomic E-state index is 0.0849. The van der Waals surface area contributed by atoms with Gasteiger partial charge in [-0.2, -0.15) is 0 Å². The number of rotatable bonds is 7. The van der Waals surface area contributed by atoms with Crippen LogP contribution in [0.1, 0.15) is 15.9 Å². The van der Waals surface area contributed by atoms with Crippen molar-refractivity contribution in [2.75, 3.05) is 23.8 Å². The minimum atomic E-state index is -0.0900. The maximum absolute atomic E-state index is 12.6. The summed E-state index contributed by atoms with van der Waals surface area (Å²) in [4.78, 5) is 26.2. The van der Waals surface area contributed by atoms with E-state index in [1.54, 1.807) is 36.2 Å². The Kier molecular flexibility index (Phi) is 6.41. The SMILES string of the molecule is CN(C(=O)c1ccc(NCC(=O)NCc2ccccc2)cc1)c1ccccc1. The topological polar surface area (TPSA) is 61.4 Å². The summed E-state index contributed by atoms with van der Waals surface area (Å²) in [7, 11) is 1.75. The van der Waals surface area contributed by atoms with Crippen LogP contribution >= 0.6 is 0 Å². The molecule has 0 atom stereocenters. The third-order valence-electron chi connectivity index (χ3n) is 4.37. The van der Waals surface area contributed by atoms with Gasteiger partial charge in [-0.25, -0.2) is 0 Å². The molecular formula is C23H23N3O2. The maximum atomic E-state index is 12.6. The van der Waals surface area contributed by atoms with Crippen molar-refractivity contribution in [1.29, 1.82) is 0 Å². The zero-order chi connectivity index (χ0) is 19.8. The van der Waals surface area contributed by atoms with Crippen LogP contribution in [0, 0.1) is 0 Å². The van der Waals surface area contributed by atoms with Gasteiger partial charge in [0.15, 0.2) is 0 Å². The molecule has 0 aliphatic rings. The van der Waals surface area contributed by atoms with E-state index in [4.69, 9.17) is 0 Å². The lowest BCUT2D eigenvalue weighted by molar-refractivity contribution is -0.119. The van der Waals surface area contributed by atoms with Crippen molar-refractivity contribution in [2.45, 2.75) is 6.54 Å². The third-order valence-corrected chi connectivity index (χ3v) is 4.37. The highest BCUT2D eigenvalue weighted by Gasteiger charge is 2.13. The van der Waals surface area contributed by atoms with Crippen molar-refractivity contribution in [3.05, 3.63) is 96.1 Å². The molecule has 2 N–H and O–H groups in total. The number of benzene rings is 3. The van der Waals surface area contributed by atoms with E-state index < -0.39 is 0 Å². The third kappa shape index (κ3) is 5.20. The second kappa shape index (κ2) is 9.37. The molecule has 0 aliphatic carbocycles. The molecule has 3 aromatic rings. The summed E-state index contributed by atoms with van der Waals surface area (Å²) < 4.78 is 0. The highest BCUT2D eigenvalue weighted by Crippen LogP contribution is 2.16. The van der Waals surface area contributed by atoms with Crippen LogP contribution in [0.4, 0.5) is 11.4 Å². The normalized spacial score (nSPS) is 10.2. The average molecular weight is 373 g/mol. The number of nitrogens with one attached hydrogen (secondary N) is 2. The van der Waals surface area contributed by atoms with Crippen molar-refractivity contribution in [3.63, 3.8) is 0 Å². The molecule has 28 heavy (non-hydrogen) atoms. The molecule has 0 heterocycles. The monoisotopic (exact) mass is 373 g/mol. The van der Waals surface area contributed by atoms with Gasteiger partial charge in [-0.15, -0.1) is 0 Å². The van der Waals surface area contributed by atoms with Gasteiger partial charge in [-0.1, -0.05) is 48.5 Å². The van der Waals surface area contributed by atoms with Crippen LogP contribution in [0.25, 0.3) is 0 Å². The number of carbonyl (C=O) groups is 2. The summed E-state index contributed by atoms with van der Waals surface area (Å²) in [5.74, 6) is -0.175. The van der Waals surface area contributed by atoms with Gasteiger partial charge < -0.3 is 15.5 Å². The molecule has 0 aromatic heterocycles. The van der Waals surface area contributed by atoms with E-state index in [2.05, 4.69) is 10.6 Å². The number of amides is 2. The van der Waals surface area contributed by atoms with Crippen molar-refractivity contribution in [2.24, 2.45) is 0 Å². The Labute approximate surface area is 165 Å². The van der Waals surface area contributed by atoms with Crippen molar-refractivity contribution in [3.8, 4) is 0 Å². The molecule has 3 aromatic carbocycles. The molecule has 0 saturated carbocycles. The molecular weight excluding hydrogens is 350 g/mol. The highest BCUT2D eigenvalue weighted by molar-refractivity contribution is 6.05. The smallest absolute Gasteiger partial charge is 0.258 e. The second-order valence-corrected chi connectivity index (χ2v) is 6.39. The molecule has 0 radical (unpaired) electrons. The summed E-state index contributed by atoms with van der Waals surface area (Å²) in [6.07, 6.45) is 0. The molecule has 5 heteroatoms. The van der Waals surface area contributed by atoms with Crippen LogP contribution in [-0.2, 0) is 11.3 Å². The largest absolute Gasteiger partial charge is 0.376 e. The van der Waals surface area contributed by atoms with E-state index in [9.17, 15) is 9.59 Å². The van der Waals surface area contributed by atoms with Gasteiger partial charge in [-0.3, -0.25) is 9.59 Å². The summed E-state index contributed by atoms with van der Waals surface area (Å²) in [5.41, 5.74) is 3.27. The first kappa shape index (κ1) is 19.2. The van der Waals surface area contributed by atoms with Gasteiger partial charge >= 0.3 is 0 Å². The quantitative estimate of drug-likeness (QED) is 0.664. The van der Waals surface area contributed by atoms with Crippen molar-refractivity contribution >= 4 is 23.2 Å². The maximum Gasteiger partial charge on any atom is 0.258 e. The summed E-state index contributed by atoms with van der Waals surface area (Å²) in [6.45, 7) is 0.671. The molecule has 3 rings (SSSR count). The number of nitrogens with zero attached hydrogens (tertiary/aromatic N) is 1. The summed E-state index contributed by atoms with van der Waals surface area (Å²) in [5, 5.41) is 5.94. The number of anilines is 2. The Morgan fingerprint density at radius 2 is 1.43 bits per heavy atom. The summed E-state index contributed by atoms with van der Waals surface area (Å²) >= 11 is 0. The first-order chi connectivity index (χ1) is 13.6. The standard InChI is InChI=1S/C23H23N3O2/c1-26(21-10-6-3-7-11-21)23(28)19-12-14-20(15-13-19)24-17-22(27)25-16-18-8-4-2-5-9-18/h2-15,24H,16-17H2,1H3,(H,25,27). The second-order valence-electron chi connectivity index (χ2n) is 6.39. The van der Waals surface area contributed by atoms with E-state index in [0.29, 0.717) is 12.1 Å². The van der Waals surface area contributed by atoms with E-state index in [1.165, 1.54) is 0 Å². The Balaban J connectivity index is 1.50. The zero-order valence-electron chi connectivity index (χ0n) is 15.8. The van der Waals surface area contributed by atoms with Crippen LogP contribution < -0.4 is 15.5 Å². The summed E-state index contributed by atoms with van der Waals surface area (Å²) in [6, 6.07) is 26.4. The van der Waals surface area contributed by atoms with Gasteiger partial charge in [0.05, 0.1) is 6.54 Å². The Morgan fingerprint density at radius 3 is 2.07 bits per heavy atom. The predicted molar refractivity (Wildman–Crippen MR) is 112 cm³/mol. The fourth-order valence-corrected chi connectivity index (χ4v) is 2.73. The van der Waals surface area contributed by atoms with Crippen LogP contribution in [-0.4, -0.2) is 25.4 Å². The van der Waals surface area contributed by atoms with E-state index >= 15 is 0 Å². The first-order valence-electron chi connectivity index (χ1n) is 9.11. The first-order valence-corrected chi connectivity index (χ1v) is 9.11. The fourth-order valence-electron chi connectivity index (χ4n) is 2.73. The van der Waals surface area contributed by atoms with E-state index in [-0.39, 0.29) is 18.4 Å². The zero-order valence-corrected chi connectivity index (χ0v) is 15.8. The van der Waals surface area contributed by atoms with Crippen molar-refractivity contribution < 1.29 is 9.59 Å². The van der Waals surface area contributed by atoms with Crippen LogP contribution in [0.5, 0.6) is 0 Å². The Morgan fingerprint density at radius 1 is 0.821 bits per heavy atom. The molecule has 0 aliphatic heterocycles. The molecule has 0 spiro atoms. The Hall–Kier alpha value is -3.60. The molecule has 0 fully saturated rings. The Bertz CT molecular complexity index is 910. The molecule has 142 valence electrons. The van der Waals surface area contributed by atoms with Crippen molar-refractivity contribution in [1.82, 2.24) is 5.32 Å². The highest BCUT2D eigenvalue weighted by atomic mass is 16.2. The number of para-hydroxylation sites is 1. The van der Waals surface area contributed by atoms with Gasteiger partial charge in [0.1, 0.15) is 0 Å². The van der Waals surface area contributed by atoms with Gasteiger partial charge in [-0.05, 0) is 42.0 Å². The molecule has 5 nitrogen and oxygen atoms in total. The van der Waals surface area contributed by atoms with Gasteiger partial charge in [0, 0.05) is 30.5 Å². The molecule has 2 amide bonds. The van der Waals surface area contributed by atoms with Crippen LogP contribution in [0.2, 0.25) is 0 Å². The minimum Gasteiger partial charge on any atom is -0.376 e. The van der Waals surface area contributed by atoms with E-state index in [1.807, 2.05) is 60.7 Å². The molecule has 0 saturated heterocycles. The number of carbonyl (C=O) groups excluding carboxylic acids is 2. The average Bonchev–Trinajstić information content (AvgIpc) is 2.77. The molecule has 0 unspecified atom stereocenters. The number of hydrogen-bond donors (Lipinski definition) is 2. The van der Waals surface area contributed by atoms with Crippen LogP contribution in [0.15, 0.2) is 84.9 Å². The lowest BCUT2D eigenvalue weighted by atomic mass is 10.1. The number of hydrogen-bond acceptors (Lipinski definition) is 3. The van der Waals surface area contributed by atoms with E-state index in [0.717, 1.165) is 16.9 Å². The van der Waals surface area contributed by atoms with Gasteiger partial charge in [0.2, 0.25) is 5.91 Å². The van der Waals surface area contributed by atoms with Crippen LogP contribution in [0.3, 0.4) is 0 Å². The fraction of sp³-hybridized carbons (Fsp3) is 0.130. The van der Waals surface area contributed by atoms with Gasteiger partial charge in [0.25, 0.3) is 5.91 Å².